The molecule has 1 fully saturated rings. The van der Waals surface area contributed by atoms with E-state index in [0.29, 0.717) is 18.1 Å². The number of amides is 2. The first-order chi connectivity index (χ1) is 14.5. The van der Waals surface area contributed by atoms with Crippen molar-refractivity contribution in [2.75, 3.05) is 19.6 Å². The van der Waals surface area contributed by atoms with Gasteiger partial charge in [-0.2, -0.15) is 0 Å². The lowest BCUT2D eigenvalue weighted by Crippen LogP contribution is -2.50. The molecule has 6 heteroatoms. The van der Waals surface area contributed by atoms with Gasteiger partial charge in [0.05, 0.1) is 5.25 Å². The molecular formula is C24H29ClN2O2S. The molecule has 0 saturated carbocycles. The van der Waals surface area contributed by atoms with Gasteiger partial charge < -0.3 is 9.80 Å². The van der Waals surface area contributed by atoms with E-state index >= 15 is 0 Å². The lowest BCUT2D eigenvalue weighted by molar-refractivity contribution is -0.133. The minimum absolute atomic E-state index is 0.0779. The van der Waals surface area contributed by atoms with E-state index in [-0.39, 0.29) is 23.1 Å². The number of halogens is 1. The van der Waals surface area contributed by atoms with E-state index < -0.39 is 0 Å². The standard InChI is InChI=1S/C24H29ClN2O2S/c1-3-15-27(23(28)18(2)30-22-11-9-20(25)10-12-22)21-13-16-26(17-14-21)24(29)19-7-5-4-6-8-19/h4-12,18,21H,3,13-17H2,1-2H3. The Morgan fingerprint density at radius 3 is 2.33 bits per heavy atom. The number of piperidine rings is 1. The second-order valence-electron chi connectivity index (χ2n) is 7.64. The highest BCUT2D eigenvalue weighted by Gasteiger charge is 2.31. The summed E-state index contributed by atoms with van der Waals surface area (Å²) in [7, 11) is 0. The molecule has 30 heavy (non-hydrogen) atoms. The van der Waals surface area contributed by atoms with Crippen molar-refractivity contribution in [3.8, 4) is 0 Å². The fourth-order valence-electron chi connectivity index (χ4n) is 3.86. The number of carbonyl (C=O) groups is 2. The molecule has 1 saturated heterocycles. The molecule has 1 unspecified atom stereocenters. The summed E-state index contributed by atoms with van der Waals surface area (Å²) < 4.78 is 0. The van der Waals surface area contributed by atoms with Crippen LogP contribution in [0.5, 0.6) is 0 Å². The van der Waals surface area contributed by atoms with E-state index in [9.17, 15) is 9.59 Å². The highest BCUT2D eigenvalue weighted by Crippen LogP contribution is 2.28. The van der Waals surface area contributed by atoms with Gasteiger partial charge >= 0.3 is 0 Å². The number of thioether (sulfide) groups is 1. The van der Waals surface area contributed by atoms with Gasteiger partial charge in [-0.1, -0.05) is 36.7 Å². The van der Waals surface area contributed by atoms with Crippen LogP contribution in [0.3, 0.4) is 0 Å². The minimum atomic E-state index is -0.165. The number of rotatable bonds is 7. The molecule has 0 radical (unpaired) electrons. The highest BCUT2D eigenvalue weighted by atomic mass is 35.5. The Hall–Kier alpha value is -1.98. The third kappa shape index (κ3) is 5.79. The van der Waals surface area contributed by atoms with E-state index in [1.54, 1.807) is 11.8 Å². The van der Waals surface area contributed by atoms with Crippen LogP contribution in [0.15, 0.2) is 59.5 Å². The largest absolute Gasteiger partial charge is 0.339 e. The zero-order valence-electron chi connectivity index (χ0n) is 17.6. The molecule has 4 nitrogen and oxygen atoms in total. The predicted molar refractivity (Wildman–Crippen MR) is 124 cm³/mol. The van der Waals surface area contributed by atoms with Gasteiger partial charge in [0.2, 0.25) is 5.91 Å². The molecule has 2 aromatic carbocycles. The maximum absolute atomic E-state index is 13.2. The van der Waals surface area contributed by atoms with Crippen LogP contribution in [0, 0.1) is 0 Å². The second kappa shape index (κ2) is 10.9. The molecule has 0 bridgehead atoms. The summed E-state index contributed by atoms with van der Waals surface area (Å²) in [5, 5.41) is 0.532. The first kappa shape index (κ1) is 22.7. The number of hydrogen-bond acceptors (Lipinski definition) is 3. The summed E-state index contributed by atoms with van der Waals surface area (Å²) in [4.78, 5) is 30.9. The van der Waals surface area contributed by atoms with E-state index in [0.717, 1.165) is 36.3 Å². The number of nitrogens with zero attached hydrogens (tertiary/aromatic N) is 2. The highest BCUT2D eigenvalue weighted by molar-refractivity contribution is 8.00. The van der Waals surface area contributed by atoms with Gasteiger partial charge in [-0.3, -0.25) is 9.59 Å². The van der Waals surface area contributed by atoms with Crippen LogP contribution in [0.1, 0.15) is 43.5 Å². The Balaban J connectivity index is 1.60. The third-order valence-corrected chi connectivity index (χ3v) is 6.79. The van der Waals surface area contributed by atoms with E-state index in [4.69, 9.17) is 11.6 Å². The Labute approximate surface area is 188 Å². The van der Waals surface area contributed by atoms with Crippen LogP contribution in [-0.4, -0.2) is 52.5 Å². The molecule has 1 atom stereocenters. The summed E-state index contributed by atoms with van der Waals surface area (Å²) in [6, 6.07) is 17.2. The Bertz CT molecular complexity index is 836. The number of hydrogen-bond donors (Lipinski definition) is 0. The van der Waals surface area contributed by atoms with Gasteiger partial charge in [0.25, 0.3) is 5.91 Å². The molecule has 0 aliphatic carbocycles. The molecule has 3 rings (SSSR count). The first-order valence-corrected chi connectivity index (χ1v) is 11.8. The lowest BCUT2D eigenvalue weighted by atomic mass is 10.0. The van der Waals surface area contributed by atoms with Gasteiger partial charge in [0.15, 0.2) is 0 Å². The molecule has 160 valence electrons. The summed E-state index contributed by atoms with van der Waals surface area (Å²) in [6.45, 7) is 6.19. The summed E-state index contributed by atoms with van der Waals surface area (Å²) in [5.74, 6) is 0.249. The SMILES string of the molecule is CCCN(C(=O)C(C)Sc1ccc(Cl)cc1)C1CCN(C(=O)c2ccccc2)CC1. The number of likely N-dealkylation sites (tertiary alicyclic amines) is 1. The fraction of sp³-hybridized carbons (Fsp3) is 0.417. The van der Waals surface area contributed by atoms with E-state index in [1.165, 1.54) is 0 Å². The summed E-state index contributed by atoms with van der Waals surface area (Å²) >= 11 is 7.53. The zero-order valence-corrected chi connectivity index (χ0v) is 19.2. The minimum Gasteiger partial charge on any atom is -0.339 e. The normalized spacial score (nSPS) is 15.6. The quantitative estimate of drug-likeness (QED) is 0.539. The Morgan fingerprint density at radius 1 is 1.10 bits per heavy atom. The van der Waals surface area contributed by atoms with Gasteiger partial charge in [-0.05, 0) is 62.6 Å². The second-order valence-corrected chi connectivity index (χ2v) is 9.49. The van der Waals surface area contributed by atoms with Crippen molar-refractivity contribution >= 4 is 35.2 Å². The monoisotopic (exact) mass is 444 g/mol. The molecule has 1 aliphatic heterocycles. The van der Waals surface area contributed by atoms with Gasteiger partial charge in [0.1, 0.15) is 0 Å². The van der Waals surface area contributed by atoms with Crippen LogP contribution in [-0.2, 0) is 4.79 Å². The maximum Gasteiger partial charge on any atom is 0.253 e. The van der Waals surface area contributed by atoms with Crippen LogP contribution in [0.4, 0.5) is 0 Å². The molecule has 2 aromatic rings. The van der Waals surface area contributed by atoms with Crippen molar-refractivity contribution in [1.29, 1.82) is 0 Å². The Morgan fingerprint density at radius 2 is 1.73 bits per heavy atom. The van der Waals surface area contributed by atoms with Crippen molar-refractivity contribution in [2.24, 2.45) is 0 Å². The molecule has 0 spiro atoms. The Kier molecular flexibility index (Phi) is 8.23. The average Bonchev–Trinajstić information content (AvgIpc) is 2.79. The van der Waals surface area contributed by atoms with Crippen molar-refractivity contribution in [3.63, 3.8) is 0 Å². The van der Waals surface area contributed by atoms with Crippen molar-refractivity contribution < 1.29 is 9.59 Å². The molecule has 0 N–H and O–H groups in total. The van der Waals surface area contributed by atoms with Crippen LogP contribution < -0.4 is 0 Å². The van der Waals surface area contributed by atoms with Crippen LogP contribution in [0.25, 0.3) is 0 Å². The van der Waals surface area contributed by atoms with Crippen LogP contribution in [0.2, 0.25) is 5.02 Å². The maximum atomic E-state index is 13.2. The number of benzene rings is 2. The summed E-state index contributed by atoms with van der Waals surface area (Å²) in [5.41, 5.74) is 0.727. The molecular weight excluding hydrogens is 416 g/mol. The molecule has 0 aromatic heterocycles. The van der Waals surface area contributed by atoms with Gasteiger partial charge in [0, 0.05) is 41.2 Å². The van der Waals surface area contributed by atoms with Crippen molar-refractivity contribution in [2.45, 2.75) is 49.3 Å². The zero-order chi connectivity index (χ0) is 21.5. The third-order valence-electron chi connectivity index (χ3n) is 5.44. The lowest BCUT2D eigenvalue weighted by Gasteiger charge is -2.39. The first-order valence-electron chi connectivity index (χ1n) is 10.6. The summed E-state index contributed by atoms with van der Waals surface area (Å²) in [6.07, 6.45) is 2.57. The van der Waals surface area contributed by atoms with Crippen molar-refractivity contribution in [3.05, 3.63) is 65.2 Å². The van der Waals surface area contributed by atoms with E-state index in [2.05, 4.69) is 6.92 Å². The molecule has 1 heterocycles. The van der Waals surface area contributed by atoms with Gasteiger partial charge in [-0.15, -0.1) is 11.8 Å². The fourth-order valence-corrected chi connectivity index (χ4v) is 4.92. The molecule has 2 amide bonds. The van der Waals surface area contributed by atoms with Crippen molar-refractivity contribution in [1.82, 2.24) is 9.80 Å². The van der Waals surface area contributed by atoms with E-state index in [1.807, 2.05) is 71.3 Å². The average molecular weight is 445 g/mol. The molecule has 1 aliphatic rings. The smallest absolute Gasteiger partial charge is 0.253 e. The topological polar surface area (TPSA) is 40.6 Å². The number of carbonyl (C=O) groups excluding carboxylic acids is 2. The van der Waals surface area contributed by atoms with Crippen LogP contribution >= 0.6 is 23.4 Å². The predicted octanol–water partition coefficient (Wildman–Crippen LogP) is 5.36. The van der Waals surface area contributed by atoms with Gasteiger partial charge in [-0.25, -0.2) is 0 Å².